The fourth-order valence-corrected chi connectivity index (χ4v) is 2.10. The van der Waals surface area contributed by atoms with Crippen molar-refractivity contribution in [1.29, 1.82) is 0 Å². The lowest BCUT2D eigenvalue weighted by atomic mass is 10.1. The largest absolute Gasteiger partial charge is 0.457 e. The molecule has 22 heavy (non-hydrogen) atoms. The molecule has 0 atom stereocenters. The zero-order valence-electron chi connectivity index (χ0n) is 12.3. The minimum atomic E-state index is -4.33. The van der Waals surface area contributed by atoms with Crippen LogP contribution in [0.15, 0.2) is 48.5 Å². The molecule has 2 rings (SSSR count). The molecule has 2 aromatic carbocycles. The second-order valence-corrected chi connectivity index (χ2v) is 4.94. The standard InChI is InChI=1S/C17H18F3NO/c1-21-12-4-6-13-5-2-3-7-16(13)22-15-10-8-14(9-11-15)17(18,19)20/h2-3,5,7-11,21H,4,6,12H2,1H3. The topological polar surface area (TPSA) is 21.3 Å². The van der Waals surface area contributed by atoms with Crippen LogP contribution in [-0.2, 0) is 12.6 Å². The van der Waals surface area contributed by atoms with Gasteiger partial charge in [0.05, 0.1) is 5.56 Å². The molecule has 0 unspecified atom stereocenters. The first-order chi connectivity index (χ1) is 10.5. The molecule has 0 aliphatic rings. The number of aryl methyl sites for hydroxylation is 1. The number of para-hydroxylation sites is 1. The molecule has 0 spiro atoms. The Hall–Kier alpha value is -2.01. The summed E-state index contributed by atoms with van der Waals surface area (Å²) in [4.78, 5) is 0. The summed E-state index contributed by atoms with van der Waals surface area (Å²) < 4.78 is 43.3. The molecule has 2 nitrogen and oxygen atoms in total. The quantitative estimate of drug-likeness (QED) is 0.784. The normalized spacial score (nSPS) is 11.5. The Labute approximate surface area is 127 Å². The Balaban J connectivity index is 2.10. The average Bonchev–Trinajstić information content (AvgIpc) is 2.49. The number of halogens is 3. The number of rotatable bonds is 6. The Morgan fingerprint density at radius 3 is 2.32 bits per heavy atom. The van der Waals surface area contributed by atoms with Gasteiger partial charge in [-0.2, -0.15) is 13.2 Å². The zero-order chi connectivity index (χ0) is 16.0. The number of benzene rings is 2. The number of hydrogen-bond acceptors (Lipinski definition) is 2. The van der Waals surface area contributed by atoms with Crippen molar-refractivity contribution >= 4 is 0 Å². The average molecular weight is 309 g/mol. The van der Waals surface area contributed by atoms with Crippen molar-refractivity contribution < 1.29 is 17.9 Å². The molecule has 0 saturated carbocycles. The van der Waals surface area contributed by atoms with Gasteiger partial charge in [0.25, 0.3) is 0 Å². The van der Waals surface area contributed by atoms with E-state index in [1.807, 2.05) is 31.3 Å². The summed E-state index contributed by atoms with van der Waals surface area (Å²) in [5, 5.41) is 3.08. The lowest BCUT2D eigenvalue weighted by Gasteiger charge is -2.12. The van der Waals surface area contributed by atoms with Crippen molar-refractivity contribution in [2.45, 2.75) is 19.0 Å². The molecule has 0 saturated heterocycles. The summed E-state index contributed by atoms with van der Waals surface area (Å²) in [6.45, 7) is 0.897. The highest BCUT2D eigenvalue weighted by molar-refractivity contribution is 5.39. The predicted octanol–water partition coefficient (Wildman–Crippen LogP) is 4.65. The minimum Gasteiger partial charge on any atom is -0.457 e. The van der Waals surface area contributed by atoms with Crippen molar-refractivity contribution in [3.63, 3.8) is 0 Å². The molecule has 0 amide bonds. The van der Waals surface area contributed by atoms with Crippen LogP contribution in [0.1, 0.15) is 17.5 Å². The smallest absolute Gasteiger partial charge is 0.416 e. The van der Waals surface area contributed by atoms with Gasteiger partial charge >= 0.3 is 6.18 Å². The number of alkyl halides is 3. The van der Waals surface area contributed by atoms with Gasteiger partial charge in [-0.1, -0.05) is 18.2 Å². The Kier molecular flexibility index (Phi) is 5.44. The van der Waals surface area contributed by atoms with Crippen LogP contribution in [0.3, 0.4) is 0 Å². The monoisotopic (exact) mass is 309 g/mol. The summed E-state index contributed by atoms with van der Waals surface area (Å²) in [5.74, 6) is 1.08. The van der Waals surface area contributed by atoms with Crippen LogP contribution >= 0.6 is 0 Å². The van der Waals surface area contributed by atoms with Crippen LogP contribution < -0.4 is 10.1 Å². The van der Waals surface area contributed by atoms with Gasteiger partial charge in [0, 0.05) is 0 Å². The second-order valence-electron chi connectivity index (χ2n) is 4.94. The van der Waals surface area contributed by atoms with Gasteiger partial charge in [-0.05, 0) is 62.3 Å². The van der Waals surface area contributed by atoms with Crippen LogP contribution in [0.2, 0.25) is 0 Å². The van der Waals surface area contributed by atoms with Crippen LogP contribution in [0.4, 0.5) is 13.2 Å². The molecular formula is C17H18F3NO. The molecule has 0 bridgehead atoms. The van der Waals surface area contributed by atoms with E-state index in [1.165, 1.54) is 12.1 Å². The van der Waals surface area contributed by atoms with Crippen molar-refractivity contribution in [2.24, 2.45) is 0 Å². The highest BCUT2D eigenvalue weighted by Gasteiger charge is 2.30. The Morgan fingerprint density at radius 2 is 1.68 bits per heavy atom. The molecule has 0 fully saturated rings. The third-order valence-corrected chi connectivity index (χ3v) is 3.25. The summed E-state index contributed by atoms with van der Waals surface area (Å²) in [7, 11) is 1.89. The van der Waals surface area contributed by atoms with E-state index in [0.29, 0.717) is 11.5 Å². The fraction of sp³-hybridized carbons (Fsp3) is 0.294. The molecule has 0 heterocycles. The van der Waals surface area contributed by atoms with E-state index in [4.69, 9.17) is 4.74 Å². The van der Waals surface area contributed by atoms with Crippen molar-refractivity contribution in [3.8, 4) is 11.5 Å². The first kappa shape index (κ1) is 16.4. The van der Waals surface area contributed by atoms with Crippen LogP contribution in [-0.4, -0.2) is 13.6 Å². The molecule has 0 aliphatic carbocycles. The lowest BCUT2D eigenvalue weighted by molar-refractivity contribution is -0.137. The Morgan fingerprint density at radius 1 is 1.00 bits per heavy atom. The van der Waals surface area contributed by atoms with Gasteiger partial charge in [0.1, 0.15) is 11.5 Å². The van der Waals surface area contributed by atoms with Crippen LogP contribution in [0, 0.1) is 0 Å². The molecular weight excluding hydrogens is 291 g/mol. The van der Waals surface area contributed by atoms with Crippen LogP contribution in [0.5, 0.6) is 11.5 Å². The summed E-state index contributed by atoms with van der Waals surface area (Å²) in [6.07, 6.45) is -2.52. The zero-order valence-corrected chi connectivity index (χ0v) is 12.3. The molecule has 1 N–H and O–H groups in total. The maximum Gasteiger partial charge on any atom is 0.416 e. The van der Waals surface area contributed by atoms with Crippen molar-refractivity contribution in [1.82, 2.24) is 5.32 Å². The van der Waals surface area contributed by atoms with Crippen molar-refractivity contribution in [3.05, 3.63) is 59.7 Å². The van der Waals surface area contributed by atoms with Gasteiger partial charge < -0.3 is 10.1 Å². The number of nitrogens with one attached hydrogen (secondary N) is 1. The third-order valence-electron chi connectivity index (χ3n) is 3.25. The molecule has 0 aliphatic heterocycles. The van der Waals surface area contributed by atoms with Gasteiger partial charge in [0.15, 0.2) is 0 Å². The van der Waals surface area contributed by atoms with Gasteiger partial charge in [-0.25, -0.2) is 0 Å². The molecule has 0 radical (unpaired) electrons. The van der Waals surface area contributed by atoms with E-state index in [-0.39, 0.29) is 0 Å². The first-order valence-electron chi connectivity index (χ1n) is 7.08. The summed E-state index contributed by atoms with van der Waals surface area (Å²) in [6, 6.07) is 12.3. The molecule has 0 aromatic heterocycles. The van der Waals surface area contributed by atoms with Gasteiger partial charge in [-0.3, -0.25) is 0 Å². The van der Waals surface area contributed by atoms with E-state index in [9.17, 15) is 13.2 Å². The van der Waals surface area contributed by atoms with E-state index < -0.39 is 11.7 Å². The van der Waals surface area contributed by atoms with Gasteiger partial charge in [0.2, 0.25) is 0 Å². The van der Waals surface area contributed by atoms with Crippen molar-refractivity contribution in [2.75, 3.05) is 13.6 Å². The van der Waals surface area contributed by atoms with E-state index in [1.54, 1.807) is 0 Å². The first-order valence-corrected chi connectivity index (χ1v) is 7.08. The molecule has 118 valence electrons. The van der Waals surface area contributed by atoms with E-state index >= 15 is 0 Å². The Bertz CT molecular complexity index is 594. The SMILES string of the molecule is CNCCCc1ccccc1Oc1ccc(C(F)(F)F)cc1. The second kappa shape index (κ2) is 7.31. The minimum absolute atomic E-state index is 0.397. The predicted molar refractivity (Wildman–Crippen MR) is 80.2 cm³/mol. The van der Waals surface area contributed by atoms with E-state index in [0.717, 1.165) is 37.1 Å². The van der Waals surface area contributed by atoms with Gasteiger partial charge in [-0.15, -0.1) is 0 Å². The highest BCUT2D eigenvalue weighted by Crippen LogP contribution is 2.32. The highest BCUT2D eigenvalue weighted by atomic mass is 19.4. The molecule has 2 aromatic rings. The maximum atomic E-state index is 12.5. The summed E-state index contributed by atoms with van der Waals surface area (Å²) in [5.41, 5.74) is 0.361. The van der Waals surface area contributed by atoms with E-state index in [2.05, 4.69) is 5.32 Å². The fourth-order valence-electron chi connectivity index (χ4n) is 2.10. The third kappa shape index (κ3) is 4.49. The lowest BCUT2D eigenvalue weighted by Crippen LogP contribution is -2.08. The molecule has 5 heteroatoms. The van der Waals surface area contributed by atoms with Crippen LogP contribution in [0.25, 0.3) is 0 Å². The number of ether oxygens (including phenoxy) is 1. The summed E-state index contributed by atoms with van der Waals surface area (Å²) >= 11 is 0. The maximum absolute atomic E-state index is 12.5. The number of hydrogen-bond donors (Lipinski definition) is 1.